The number of fused-ring (bicyclic) bond motifs is 2. The number of H-pyrrole nitrogens is 1. The van der Waals surface area contributed by atoms with Gasteiger partial charge in [-0.25, -0.2) is 0 Å². The fourth-order valence-corrected chi connectivity index (χ4v) is 2.47. The molecule has 0 aliphatic carbocycles. The lowest BCUT2D eigenvalue weighted by molar-refractivity contribution is 0.458. The largest absolute Gasteiger partial charge is 0.499 e. The molecule has 0 aliphatic heterocycles. The molecule has 0 radical (unpaired) electrons. The minimum absolute atomic E-state index is 0.168. The molecule has 3 nitrogen and oxygen atoms in total. The van der Waals surface area contributed by atoms with Crippen molar-refractivity contribution in [2.45, 2.75) is 0 Å². The van der Waals surface area contributed by atoms with Crippen LogP contribution in [0.4, 0.5) is 0 Å². The Morgan fingerprint density at radius 2 is 1.86 bits per heavy atom. The van der Waals surface area contributed by atoms with Gasteiger partial charge < -0.3 is 15.2 Å². The summed E-state index contributed by atoms with van der Waals surface area (Å²) in [7, 11) is 0. The van der Waals surface area contributed by atoms with Crippen molar-refractivity contribution in [2.75, 3.05) is 0 Å². The van der Waals surface area contributed by atoms with Crippen LogP contribution < -0.4 is 0 Å². The van der Waals surface area contributed by atoms with E-state index in [0.29, 0.717) is 5.06 Å². The molecule has 0 atom stereocenters. The van der Waals surface area contributed by atoms with Gasteiger partial charge in [-0.05, 0) is 23.6 Å². The smallest absolute Gasteiger partial charge is 0.189 e. The summed E-state index contributed by atoms with van der Waals surface area (Å²) in [4.78, 5) is 2.84. The van der Waals surface area contributed by atoms with Crippen LogP contribution in [-0.2, 0) is 0 Å². The van der Waals surface area contributed by atoms with E-state index in [2.05, 4.69) is 4.98 Å². The molecular weight excluding hydrogens is 198 g/mol. The van der Waals surface area contributed by atoms with Crippen molar-refractivity contribution in [1.82, 2.24) is 4.98 Å². The summed E-state index contributed by atoms with van der Waals surface area (Å²) in [5.41, 5.74) is 0.882. The van der Waals surface area contributed by atoms with Crippen molar-refractivity contribution in [3.05, 3.63) is 24.3 Å². The van der Waals surface area contributed by atoms with Gasteiger partial charge in [0.25, 0.3) is 0 Å². The highest BCUT2D eigenvalue weighted by molar-refractivity contribution is 7.20. The van der Waals surface area contributed by atoms with Gasteiger partial charge in [-0.2, -0.15) is 0 Å². The number of aromatic nitrogens is 1. The van der Waals surface area contributed by atoms with Gasteiger partial charge in [0, 0.05) is 21.7 Å². The molecule has 0 bridgehead atoms. The third-order valence-electron chi connectivity index (χ3n) is 2.23. The number of hydrogen-bond donors (Lipinski definition) is 3. The number of benzene rings is 1. The van der Waals surface area contributed by atoms with Crippen molar-refractivity contribution in [3.63, 3.8) is 0 Å². The van der Waals surface area contributed by atoms with E-state index < -0.39 is 0 Å². The van der Waals surface area contributed by atoms with Gasteiger partial charge in [-0.1, -0.05) is 11.3 Å². The lowest BCUT2D eigenvalue weighted by atomic mass is 10.2. The minimum Gasteiger partial charge on any atom is -0.499 e. The first-order valence-electron chi connectivity index (χ1n) is 4.16. The van der Waals surface area contributed by atoms with E-state index in [1.54, 1.807) is 12.1 Å². The fraction of sp³-hybridized carbons (Fsp3) is 0. The van der Waals surface area contributed by atoms with Crippen LogP contribution in [0, 0.1) is 0 Å². The highest BCUT2D eigenvalue weighted by Crippen LogP contribution is 2.34. The van der Waals surface area contributed by atoms with Gasteiger partial charge in [0.15, 0.2) is 10.9 Å². The molecule has 1 aromatic carbocycles. The summed E-state index contributed by atoms with van der Waals surface area (Å²) < 4.78 is 1.02. The standard InChI is InChI=1S/C10H7NO2S/c12-9-3-5-2-8-6(1-7(5)11-9)4-10(13)14-8/h1-4,11-13H. The van der Waals surface area contributed by atoms with E-state index in [-0.39, 0.29) is 5.88 Å². The van der Waals surface area contributed by atoms with Gasteiger partial charge >= 0.3 is 0 Å². The first kappa shape index (κ1) is 7.70. The third kappa shape index (κ3) is 0.975. The molecular formula is C10H7NO2S. The van der Waals surface area contributed by atoms with Crippen LogP contribution in [0.2, 0.25) is 0 Å². The average Bonchev–Trinajstić information content (AvgIpc) is 2.59. The zero-order chi connectivity index (χ0) is 9.71. The van der Waals surface area contributed by atoms with Gasteiger partial charge in [-0.3, -0.25) is 0 Å². The summed E-state index contributed by atoms with van der Waals surface area (Å²) in [6.45, 7) is 0. The molecule has 0 spiro atoms. The Kier molecular flexibility index (Phi) is 1.33. The maximum atomic E-state index is 9.31. The Balaban J connectivity index is 2.49. The summed E-state index contributed by atoms with van der Waals surface area (Å²) >= 11 is 1.34. The summed E-state index contributed by atoms with van der Waals surface area (Å²) in [5, 5.41) is 20.8. The molecule has 14 heavy (non-hydrogen) atoms. The van der Waals surface area contributed by atoms with Gasteiger partial charge in [0.05, 0.1) is 0 Å². The molecule has 70 valence electrons. The second-order valence-electron chi connectivity index (χ2n) is 3.22. The maximum Gasteiger partial charge on any atom is 0.189 e. The highest BCUT2D eigenvalue weighted by atomic mass is 32.1. The van der Waals surface area contributed by atoms with Crippen molar-refractivity contribution >= 4 is 32.3 Å². The minimum atomic E-state index is 0.168. The lowest BCUT2D eigenvalue weighted by Gasteiger charge is -1.89. The third-order valence-corrected chi connectivity index (χ3v) is 3.13. The van der Waals surface area contributed by atoms with Crippen LogP contribution in [0.1, 0.15) is 0 Å². The first-order valence-corrected chi connectivity index (χ1v) is 4.98. The fourth-order valence-electron chi connectivity index (χ4n) is 1.64. The molecule has 0 fully saturated rings. The van der Waals surface area contributed by atoms with Crippen LogP contribution >= 0.6 is 11.3 Å². The molecule has 3 N–H and O–H groups in total. The Hall–Kier alpha value is -1.68. The molecule has 0 aliphatic rings. The van der Waals surface area contributed by atoms with E-state index in [0.717, 1.165) is 21.0 Å². The van der Waals surface area contributed by atoms with Gasteiger partial charge in [0.2, 0.25) is 0 Å². The van der Waals surface area contributed by atoms with E-state index in [1.807, 2.05) is 12.1 Å². The molecule has 3 rings (SSSR count). The molecule has 0 saturated carbocycles. The summed E-state index contributed by atoms with van der Waals surface area (Å²) in [6.07, 6.45) is 0. The number of aromatic hydroxyl groups is 2. The van der Waals surface area contributed by atoms with Gasteiger partial charge in [-0.15, -0.1) is 0 Å². The van der Waals surface area contributed by atoms with Crippen LogP contribution in [0.3, 0.4) is 0 Å². The molecule has 3 aromatic rings. The monoisotopic (exact) mass is 205 g/mol. The molecule has 4 heteroatoms. The Morgan fingerprint density at radius 1 is 1.00 bits per heavy atom. The number of aromatic amines is 1. The lowest BCUT2D eigenvalue weighted by Crippen LogP contribution is -1.66. The second-order valence-corrected chi connectivity index (χ2v) is 4.28. The predicted molar refractivity (Wildman–Crippen MR) is 57.0 cm³/mol. The average molecular weight is 205 g/mol. The number of rotatable bonds is 0. The summed E-state index contributed by atoms with van der Waals surface area (Å²) in [5.74, 6) is 0.168. The van der Waals surface area contributed by atoms with E-state index in [9.17, 15) is 10.2 Å². The Bertz CT molecular complexity index is 521. The summed E-state index contributed by atoms with van der Waals surface area (Å²) in [6, 6.07) is 7.26. The molecule has 0 amide bonds. The van der Waals surface area contributed by atoms with Crippen molar-refractivity contribution < 1.29 is 10.2 Å². The molecule has 2 heterocycles. The second kappa shape index (κ2) is 2.42. The number of nitrogens with one attached hydrogen (secondary N) is 1. The molecule has 2 aromatic heterocycles. The quantitative estimate of drug-likeness (QED) is 0.528. The topological polar surface area (TPSA) is 56.2 Å². The highest BCUT2D eigenvalue weighted by Gasteiger charge is 2.04. The zero-order valence-electron chi connectivity index (χ0n) is 7.11. The van der Waals surface area contributed by atoms with E-state index >= 15 is 0 Å². The van der Waals surface area contributed by atoms with E-state index in [1.165, 1.54) is 11.3 Å². The first-order chi connectivity index (χ1) is 6.72. The van der Waals surface area contributed by atoms with Crippen LogP contribution in [0.15, 0.2) is 24.3 Å². The number of thiophene rings is 1. The maximum absolute atomic E-state index is 9.31. The Morgan fingerprint density at radius 3 is 2.71 bits per heavy atom. The number of hydrogen-bond acceptors (Lipinski definition) is 3. The van der Waals surface area contributed by atoms with Crippen molar-refractivity contribution in [3.8, 4) is 10.9 Å². The zero-order valence-corrected chi connectivity index (χ0v) is 7.93. The predicted octanol–water partition coefficient (Wildman–Crippen LogP) is 2.79. The van der Waals surface area contributed by atoms with Crippen molar-refractivity contribution in [1.29, 1.82) is 0 Å². The molecule has 0 saturated heterocycles. The van der Waals surface area contributed by atoms with Crippen LogP contribution in [-0.4, -0.2) is 15.2 Å². The Labute approximate surface area is 83.2 Å². The van der Waals surface area contributed by atoms with Crippen LogP contribution in [0.25, 0.3) is 21.0 Å². The normalized spacial score (nSPS) is 11.4. The van der Waals surface area contributed by atoms with Crippen molar-refractivity contribution in [2.24, 2.45) is 0 Å². The van der Waals surface area contributed by atoms with Gasteiger partial charge in [0.1, 0.15) is 0 Å². The van der Waals surface area contributed by atoms with E-state index in [4.69, 9.17) is 0 Å². The molecule has 0 unspecified atom stereocenters. The SMILES string of the molecule is Oc1cc2cc3sc(O)cc3cc2[nH]1. The van der Waals surface area contributed by atoms with Crippen LogP contribution in [0.5, 0.6) is 10.9 Å².